The number of benzene rings is 1. The molecule has 1 aliphatic rings. The minimum atomic E-state index is -0.481. The quantitative estimate of drug-likeness (QED) is 0.835. The molecule has 6 heteroatoms. The number of nitrogens with one attached hydrogen (secondary N) is 1. The normalized spacial score (nSPS) is 23.2. The molecule has 1 aromatic carbocycles. The molecule has 0 spiro atoms. The predicted molar refractivity (Wildman–Crippen MR) is 102 cm³/mol. The van der Waals surface area contributed by atoms with Gasteiger partial charge in [0.05, 0.1) is 16.5 Å². The van der Waals surface area contributed by atoms with Gasteiger partial charge in [-0.2, -0.15) is 0 Å². The van der Waals surface area contributed by atoms with Crippen molar-refractivity contribution in [2.75, 3.05) is 18.4 Å². The maximum atomic E-state index is 12.6. The van der Waals surface area contributed by atoms with E-state index in [1.54, 1.807) is 23.1 Å². The first-order chi connectivity index (χ1) is 11.8. The molecule has 1 fully saturated rings. The Balaban J connectivity index is 2.12. The standard InChI is InChI=1S/C19H28ClN3O2/c1-4-23(5-2)18(25)14-10-9-13(12-16(14)20)22-17(24)15-8-6-7-11-19(15,3)21/h9-10,12,15H,4-8,11,21H2,1-3H3,(H,22,24). The van der Waals surface area contributed by atoms with Gasteiger partial charge in [0.15, 0.2) is 0 Å². The lowest BCUT2D eigenvalue weighted by molar-refractivity contribution is -0.122. The van der Waals surface area contributed by atoms with Gasteiger partial charge in [-0.1, -0.05) is 24.4 Å². The second kappa shape index (κ2) is 8.19. The largest absolute Gasteiger partial charge is 0.339 e. The van der Waals surface area contributed by atoms with E-state index in [1.807, 2.05) is 20.8 Å². The van der Waals surface area contributed by atoms with E-state index in [9.17, 15) is 9.59 Å². The van der Waals surface area contributed by atoms with Crippen molar-refractivity contribution < 1.29 is 9.59 Å². The van der Waals surface area contributed by atoms with E-state index in [1.165, 1.54) is 0 Å². The third kappa shape index (κ3) is 4.53. The molecule has 2 amide bonds. The highest BCUT2D eigenvalue weighted by Crippen LogP contribution is 2.33. The summed E-state index contributed by atoms with van der Waals surface area (Å²) in [5, 5.41) is 3.24. The SMILES string of the molecule is CCN(CC)C(=O)c1ccc(NC(=O)C2CCCCC2(C)N)cc1Cl. The molecule has 0 aliphatic heterocycles. The Morgan fingerprint density at radius 2 is 2.00 bits per heavy atom. The third-order valence-electron chi connectivity index (χ3n) is 5.09. The van der Waals surface area contributed by atoms with Crippen molar-refractivity contribution in [1.82, 2.24) is 4.90 Å². The third-order valence-corrected chi connectivity index (χ3v) is 5.40. The minimum Gasteiger partial charge on any atom is -0.339 e. The van der Waals surface area contributed by atoms with Gasteiger partial charge in [-0.15, -0.1) is 0 Å². The topological polar surface area (TPSA) is 75.4 Å². The lowest BCUT2D eigenvalue weighted by atomic mass is 9.74. The lowest BCUT2D eigenvalue weighted by Crippen LogP contribution is -2.51. The van der Waals surface area contributed by atoms with E-state index in [2.05, 4.69) is 5.32 Å². The zero-order valence-corrected chi connectivity index (χ0v) is 16.0. The zero-order valence-electron chi connectivity index (χ0n) is 15.3. The van der Waals surface area contributed by atoms with Gasteiger partial charge in [-0.05, 0) is 51.8 Å². The van der Waals surface area contributed by atoms with Crippen LogP contribution in [0.15, 0.2) is 18.2 Å². The van der Waals surface area contributed by atoms with Crippen molar-refractivity contribution in [3.63, 3.8) is 0 Å². The highest BCUT2D eigenvalue weighted by molar-refractivity contribution is 6.34. The van der Waals surface area contributed by atoms with Crippen LogP contribution < -0.4 is 11.1 Å². The number of carbonyl (C=O) groups excluding carboxylic acids is 2. The average molecular weight is 366 g/mol. The first-order valence-electron chi connectivity index (χ1n) is 8.98. The monoisotopic (exact) mass is 365 g/mol. The summed E-state index contributed by atoms with van der Waals surface area (Å²) in [6, 6.07) is 5.02. The molecule has 2 rings (SSSR count). The van der Waals surface area contributed by atoms with Crippen molar-refractivity contribution in [3.8, 4) is 0 Å². The van der Waals surface area contributed by atoms with Gasteiger partial charge in [-0.25, -0.2) is 0 Å². The molecule has 138 valence electrons. The number of amides is 2. The van der Waals surface area contributed by atoms with E-state index >= 15 is 0 Å². The number of hydrogen-bond acceptors (Lipinski definition) is 3. The molecular weight excluding hydrogens is 338 g/mol. The van der Waals surface area contributed by atoms with Crippen LogP contribution in [0.25, 0.3) is 0 Å². The maximum Gasteiger partial charge on any atom is 0.255 e. The maximum absolute atomic E-state index is 12.6. The van der Waals surface area contributed by atoms with Gasteiger partial charge < -0.3 is 16.0 Å². The Morgan fingerprint density at radius 1 is 1.32 bits per heavy atom. The van der Waals surface area contributed by atoms with Crippen molar-refractivity contribution in [3.05, 3.63) is 28.8 Å². The van der Waals surface area contributed by atoms with Crippen LogP contribution >= 0.6 is 11.6 Å². The first kappa shape index (κ1) is 19.7. The summed E-state index contributed by atoms with van der Waals surface area (Å²) in [4.78, 5) is 26.7. The van der Waals surface area contributed by atoms with Crippen molar-refractivity contribution in [1.29, 1.82) is 0 Å². The Hall–Kier alpha value is -1.59. The molecule has 3 N–H and O–H groups in total. The molecule has 0 saturated heterocycles. The summed E-state index contributed by atoms with van der Waals surface area (Å²) in [5.74, 6) is -0.393. The van der Waals surface area contributed by atoms with E-state index in [0.29, 0.717) is 29.4 Å². The van der Waals surface area contributed by atoms with E-state index < -0.39 is 5.54 Å². The predicted octanol–water partition coefficient (Wildman–Crippen LogP) is 3.67. The van der Waals surface area contributed by atoms with Crippen LogP contribution in [-0.4, -0.2) is 35.3 Å². The van der Waals surface area contributed by atoms with Crippen LogP contribution in [0, 0.1) is 5.92 Å². The van der Waals surface area contributed by atoms with Crippen LogP contribution in [0.4, 0.5) is 5.69 Å². The Morgan fingerprint density at radius 3 is 2.56 bits per heavy atom. The Labute approximate surface area is 154 Å². The van der Waals surface area contributed by atoms with Crippen molar-refractivity contribution in [2.45, 2.75) is 52.0 Å². The number of nitrogens with zero attached hydrogens (tertiary/aromatic N) is 1. The van der Waals surface area contributed by atoms with E-state index in [4.69, 9.17) is 17.3 Å². The van der Waals surface area contributed by atoms with Crippen LogP contribution in [-0.2, 0) is 4.79 Å². The van der Waals surface area contributed by atoms with Gasteiger partial charge in [0, 0.05) is 24.3 Å². The summed E-state index contributed by atoms with van der Waals surface area (Å²) in [6.07, 6.45) is 3.72. The molecule has 0 bridgehead atoms. The second-order valence-corrected chi connectivity index (χ2v) is 7.37. The lowest BCUT2D eigenvalue weighted by Gasteiger charge is -2.37. The van der Waals surface area contributed by atoms with Gasteiger partial charge in [-0.3, -0.25) is 9.59 Å². The molecule has 0 aromatic heterocycles. The second-order valence-electron chi connectivity index (χ2n) is 6.97. The smallest absolute Gasteiger partial charge is 0.255 e. The highest BCUT2D eigenvalue weighted by Gasteiger charge is 2.37. The van der Waals surface area contributed by atoms with Crippen LogP contribution in [0.5, 0.6) is 0 Å². The molecule has 5 nitrogen and oxygen atoms in total. The molecule has 1 aliphatic carbocycles. The van der Waals surface area contributed by atoms with Crippen molar-refractivity contribution >= 4 is 29.1 Å². The summed E-state index contributed by atoms with van der Waals surface area (Å²) >= 11 is 6.28. The highest BCUT2D eigenvalue weighted by atomic mass is 35.5. The molecule has 1 aromatic rings. The number of halogens is 1. The average Bonchev–Trinajstić information content (AvgIpc) is 2.55. The zero-order chi connectivity index (χ0) is 18.6. The fourth-order valence-corrected chi connectivity index (χ4v) is 3.73. The molecule has 2 unspecified atom stereocenters. The number of nitrogens with two attached hydrogens (primary N) is 1. The first-order valence-corrected chi connectivity index (χ1v) is 9.36. The van der Waals surface area contributed by atoms with Crippen LogP contribution in [0.3, 0.4) is 0 Å². The molecular formula is C19H28ClN3O2. The van der Waals surface area contributed by atoms with E-state index in [-0.39, 0.29) is 17.7 Å². The van der Waals surface area contributed by atoms with Gasteiger partial charge >= 0.3 is 0 Å². The summed E-state index contributed by atoms with van der Waals surface area (Å²) in [6.45, 7) is 7.05. The number of anilines is 1. The van der Waals surface area contributed by atoms with Gasteiger partial charge in [0.2, 0.25) is 5.91 Å². The fraction of sp³-hybridized carbons (Fsp3) is 0.579. The fourth-order valence-electron chi connectivity index (χ4n) is 3.47. The van der Waals surface area contributed by atoms with E-state index in [0.717, 1.165) is 25.7 Å². The van der Waals surface area contributed by atoms with Crippen molar-refractivity contribution in [2.24, 2.45) is 11.7 Å². The molecule has 2 atom stereocenters. The Kier molecular flexibility index (Phi) is 6.47. The Bertz CT molecular complexity index is 642. The number of rotatable bonds is 5. The molecule has 0 heterocycles. The van der Waals surface area contributed by atoms with Gasteiger partial charge in [0.25, 0.3) is 5.91 Å². The molecule has 25 heavy (non-hydrogen) atoms. The number of hydrogen-bond donors (Lipinski definition) is 2. The molecule has 1 saturated carbocycles. The summed E-state index contributed by atoms with van der Waals surface area (Å²) < 4.78 is 0. The van der Waals surface area contributed by atoms with Gasteiger partial charge in [0.1, 0.15) is 0 Å². The summed E-state index contributed by atoms with van der Waals surface area (Å²) in [7, 11) is 0. The minimum absolute atomic E-state index is 0.0800. The molecule has 0 radical (unpaired) electrons. The summed E-state index contributed by atoms with van der Waals surface area (Å²) in [5.41, 5.74) is 6.85. The van der Waals surface area contributed by atoms with Crippen LogP contribution in [0.2, 0.25) is 5.02 Å². The van der Waals surface area contributed by atoms with Crippen LogP contribution in [0.1, 0.15) is 56.8 Å². The number of carbonyl (C=O) groups is 2.